The maximum atomic E-state index is 15.5. The zero-order valence-corrected chi connectivity index (χ0v) is 16.2. The van der Waals surface area contributed by atoms with Gasteiger partial charge in [-0.25, -0.2) is 0 Å². The highest BCUT2D eigenvalue weighted by Gasteiger charge is 2.55. The molecular formula is C20H20BClF2N2. The summed E-state index contributed by atoms with van der Waals surface area (Å²) in [6.07, 6.45) is 1.83. The Morgan fingerprint density at radius 2 is 1.69 bits per heavy atom. The predicted octanol–water partition coefficient (Wildman–Crippen LogP) is 5.50. The Kier molecular flexibility index (Phi) is 3.61. The molecular weight excluding hydrogens is 352 g/mol. The molecule has 26 heavy (non-hydrogen) atoms. The Labute approximate surface area is 157 Å². The summed E-state index contributed by atoms with van der Waals surface area (Å²) in [5.74, 6) is 0. The van der Waals surface area contributed by atoms with Gasteiger partial charge in [-0.2, -0.15) is 0 Å². The topological polar surface area (TPSA) is 7.94 Å². The first-order chi connectivity index (χ1) is 12.1. The highest BCUT2D eigenvalue weighted by molar-refractivity contribution is 6.58. The van der Waals surface area contributed by atoms with Gasteiger partial charge in [0.05, 0.1) is 5.57 Å². The van der Waals surface area contributed by atoms with Gasteiger partial charge in [-0.15, -0.1) is 0 Å². The summed E-state index contributed by atoms with van der Waals surface area (Å²) in [5.41, 5.74) is 6.69. The first kappa shape index (κ1) is 17.3. The third kappa shape index (κ3) is 2.19. The SMILES string of the molecule is CC1=CC(C)=[N+]2C1=C(c1cc(C)cc(Cl)c1)c1c(C)cc(C)n1[B-]2(F)F. The molecule has 0 radical (unpaired) electrons. The van der Waals surface area contributed by atoms with E-state index in [9.17, 15) is 0 Å². The summed E-state index contributed by atoms with van der Waals surface area (Å²) in [6, 6.07) is 7.58. The van der Waals surface area contributed by atoms with Gasteiger partial charge in [-0.3, -0.25) is 0 Å². The number of halogens is 3. The molecule has 0 aliphatic carbocycles. The van der Waals surface area contributed by atoms with Crippen molar-refractivity contribution in [2.24, 2.45) is 0 Å². The smallest absolute Gasteiger partial charge is 0.393 e. The minimum Gasteiger partial charge on any atom is -0.393 e. The number of rotatable bonds is 1. The van der Waals surface area contributed by atoms with E-state index in [-0.39, 0.29) is 0 Å². The van der Waals surface area contributed by atoms with Gasteiger partial charge >= 0.3 is 6.97 Å². The molecule has 4 rings (SSSR count). The summed E-state index contributed by atoms with van der Waals surface area (Å²) in [4.78, 5) is 0. The van der Waals surface area contributed by atoms with Crippen LogP contribution in [0.4, 0.5) is 8.63 Å². The van der Waals surface area contributed by atoms with Crippen LogP contribution in [-0.4, -0.2) is 21.6 Å². The molecule has 0 saturated heterocycles. The average Bonchev–Trinajstić information content (AvgIpc) is 2.96. The van der Waals surface area contributed by atoms with E-state index < -0.39 is 6.97 Å². The van der Waals surface area contributed by atoms with Crippen LogP contribution in [-0.2, 0) is 0 Å². The fourth-order valence-electron chi connectivity index (χ4n) is 4.45. The third-order valence-electron chi connectivity index (χ3n) is 5.27. The molecule has 6 heteroatoms. The van der Waals surface area contributed by atoms with Crippen LogP contribution >= 0.6 is 11.6 Å². The first-order valence-electron chi connectivity index (χ1n) is 8.67. The highest BCUT2D eigenvalue weighted by atomic mass is 35.5. The Bertz CT molecular complexity index is 1050. The molecule has 2 aliphatic heterocycles. The standard InChI is InChI=1S/C20H20BClF2N2/c1-11-6-16(10-17(22)7-11)18-19-12(2)8-14(4)25(19)21(23,24)26-15(5)9-13(3)20(18)26/h6-10H,1-5H3. The zero-order valence-electron chi connectivity index (χ0n) is 15.5. The second-order valence-corrected chi connectivity index (χ2v) is 7.79. The minimum absolute atomic E-state index is 0.565. The molecule has 2 aliphatic rings. The van der Waals surface area contributed by atoms with E-state index in [1.807, 2.05) is 51.1 Å². The van der Waals surface area contributed by atoms with Crippen LogP contribution in [0.25, 0.3) is 5.57 Å². The van der Waals surface area contributed by atoms with Crippen molar-refractivity contribution < 1.29 is 13.1 Å². The van der Waals surface area contributed by atoms with E-state index >= 15 is 8.63 Å². The second kappa shape index (κ2) is 5.43. The van der Waals surface area contributed by atoms with Crippen LogP contribution in [0.1, 0.15) is 41.9 Å². The lowest BCUT2D eigenvalue weighted by Crippen LogP contribution is -2.51. The lowest BCUT2D eigenvalue weighted by atomic mass is 9.83. The van der Waals surface area contributed by atoms with E-state index in [1.54, 1.807) is 13.8 Å². The number of aromatic nitrogens is 1. The molecule has 0 unspecified atom stereocenters. The molecule has 134 valence electrons. The van der Waals surface area contributed by atoms with Crippen LogP contribution < -0.4 is 0 Å². The summed E-state index contributed by atoms with van der Waals surface area (Å²) in [5, 5.41) is 0.607. The van der Waals surface area contributed by atoms with Gasteiger partial charge in [0.2, 0.25) is 0 Å². The van der Waals surface area contributed by atoms with Crippen molar-refractivity contribution >= 4 is 29.9 Å². The normalized spacial score (nSPS) is 18.2. The third-order valence-corrected chi connectivity index (χ3v) is 5.48. The van der Waals surface area contributed by atoms with Gasteiger partial charge in [0.1, 0.15) is 5.71 Å². The van der Waals surface area contributed by atoms with Gasteiger partial charge < -0.3 is 17.6 Å². The summed E-state index contributed by atoms with van der Waals surface area (Å²) in [7, 11) is 0. The Morgan fingerprint density at radius 1 is 1.00 bits per heavy atom. The number of fused-ring (bicyclic) bond motifs is 2. The van der Waals surface area contributed by atoms with E-state index in [4.69, 9.17) is 11.6 Å². The van der Waals surface area contributed by atoms with Crippen molar-refractivity contribution in [3.8, 4) is 0 Å². The number of benzene rings is 1. The van der Waals surface area contributed by atoms with Crippen LogP contribution in [0.3, 0.4) is 0 Å². The van der Waals surface area contributed by atoms with Crippen molar-refractivity contribution in [3.05, 3.63) is 74.7 Å². The fraction of sp³-hybridized carbons (Fsp3) is 0.250. The van der Waals surface area contributed by atoms with Crippen molar-refractivity contribution in [2.75, 3.05) is 0 Å². The number of allylic oxidation sites excluding steroid dienone is 2. The summed E-state index contributed by atoms with van der Waals surface area (Å²) >= 11 is 6.30. The van der Waals surface area contributed by atoms with Crippen molar-refractivity contribution in [2.45, 2.75) is 34.6 Å². The number of hydrogen-bond donors (Lipinski definition) is 0. The molecule has 0 atom stereocenters. The molecule has 1 aromatic carbocycles. The largest absolute Gasteiger partial charge is 0.737 e. The second-order valence-electron chi connectivity index (χ2n) is 7.36. The van der Waals surface area contributed by atoms with Crippen molar-refractivity contribution in [1.29, 1.82) is 0 Å². The van der Waals surface area contributed by atoms with Gasteiger partial charge in [0.15, 0.2) is 5.70 Å². The summed E-state index contributed by atoms with van der Waals surface area (Å²) in [6.45, 7) is 5.29. The average molecular weight is 373 g/mol. The zero-order chi connectivity index (χ0) is 19.0. The maximum absolute atomic E-state index is 15.5. The number of nitrogens with zero attached hydrogens (tertiary/aromatic N) is 2. The summed E-state index contributed by atoms with van der Waals surface area (Å²) < 4.78 is 33.5. The molecule has 0 N–H and O–H groups in total. The van der Waals surface area contributed by atoms with Gasteiger partial charge in [0.25, 0.3) is 0 Å². The lowest BCUT2D eigenvalue weighted by molar-refractivity contribution is -0.363. The Morgan fingerprint density at radius 3 is 2.35 bits per heavy atom. The van der Waals surface area contributed by atoms with E-state index in [1.165, 1.54) is 8.96 Å². The molecule has 0 saturated carbocycles. The van der Waals surface area contributed by atoms with Gasteiger partial charge in [-0.05, 0) is 68.3 Å². The van der Waals surface area contributed by atoms with E-state index in [0.29, 0.717) is 27.8 Å². The van der Waals surface area contributed by atoms with Crippen molar-refractivity contribution in [3.63, 3.8) is 0 Å². The molecule has 0 fully saturated rings. The van der Waals surface area contributed by atoms with Crippen LogP contribution in [0.5, 0.6) is 0 Å². The molecule has 0 bridgehead atoms. The van der Waals surface area contributed by atoms with Crippen LogP contribution in [0, 0.1) is 20.8 Å². The van der Waals surface area contributed by atoms with Crippen molar-refractivity contribution in [1.82, 2.24) is 4.48 Å². The first-order valence-corrected chi connectivity index (χ1v) is 9.05. The monoisotopic (exact) mass is 372 g/mol. The lowest BCUT2D eigenvalue weighted by Gasteiger charge is -2.34. The molecule has 0 amide bonds. The van der Waals surface area contributed by atoms with E-state index in [0.717, 1.165) is 27.8 Å². The maximum Gasteiger partial charge on any atom is 0.737 e. The van der Waals surface area contributed by atoms with Gasteiger partial charge in [-0.1, -0.05) is 17.7 Å². The number of aryl methyl sites for hydroxylation is 3. The quantitative estimate of drug-likeness (QED) is 0.584. The van der Waals surface area contributed by atoms with Gasteiger partial charge in [0, 0.05) is 29.3 Å². The molecule has 3 heterocycles. The fourth-order valence-corrected chi connectivity index (χ4v) is 4.74. The highest BCUT2D eigenvalue weighted by Crippen LogP contribution is 2.44. The molecule has 2 aromatic rings. The molecule has 2 nitrogen and oxygen atoms in total. The van der Waals surface area contributed by atoms with Crippen LogP contribution in [0.15, 0.2) is 41.6 Å². The Hall–Kier alpha value is -2.14. The Balaban J connectivity index is 2.19. The predicted molar refractivity (Wildman–Crippen MR) is 104 cm³/mol. The van der Waals surface area contributed by atoms with E-state index in [2.05, 4.69) is 0 Å². The van der Waals surface area contributed by atoms with Crippen LogP contribution in [0.2, 0.25) is 5.02 Å². The minimum atomic E-state index is -3.94. The number of hydrogen-bond acceptors (Lipinski definition) is 0. The molecule has 1 aromatic heterocycles. The molecule has 0 spiro atoms.